The number of amides is 12. The van der Waals surface area contributed by atoms with Gasteiger partial charge in [-0.05, 0) is 122 Å². The molecule has 0 unspecified atom stereocenters. The number of nitrogens with two attached hydrogens (primary N) is 2. The van der Waals surface area contributed by atoms with Crippen LogP contribution in [-0.4, -0.2) is 209 Å². The fourth-order valence-corrected chi connectivity index (χ4v) is 14.3. The number of phenolic OH excluding ortho intramolecular Hbond substituents is 2. The standard InChI is InChI=1S/C78H109N15O18S2/c1-8-15-53-68(102)86-56(29-30-62(99)100)69(103)87-57(36-45-21-25-50(96)26-22-45)72(106)84-54(16-9-2)70(104)92-64(44(4)95)76(110)90-60(66(80)101)42-113-41-48-18-13-17-47(35-48)40-112-34-31-61(98)91-65(78(5,6)7)77(111)89-58(37-46-23-27-51(97)28-24-46)73(107)85-55(20-11-10-12-32-79)71(105)93-63(43(3)94)75(109)88-59(74(108)83-53)38-49-39-82-67-52(49)19-14-33-81-67/h13-14,17-19,21-28,33,35,39,43-44,53-60,63-65,94-97H,8-12,15-16,20,29-32,34,36-38,40-42,79H2,1-7H3,(H2,80,101)(H,81,82)(H,83,108)(H,84,106)(H,85,107)(H,86,102)(H,87,103)(H,88,109)(H,89,111)(H,90,110)(H,91,98)(H,92,104)(H,93,105)(H,99,100)/t43-,44-,53+,54+,55+,56+,57+,58+,59+,60+,63+,64+,65-/m1/s1. The number of H-pyrrole nitrogens is 1. The second-order valence-electron chi connectivity index (χ2n) is 29.2. The van der Waals surface area contributed by atoms with Crippen LogP contribution in [0.5, 0.6) is 11.5 Å². The fourth-order valence-electron chi connectivity index (χ4n) is 12.4. The summed E-state index contributed by atoms with van der Waals surface area (Å²) in [5.41, 5.74) is 14.0. The van der Waals surface area contributed by atoms with Gasteiger partial charge in [0.25, 0.3) is 0 Å². The number of benzene rings is 3. The van der Waals surface area contributed by atoms with E-state index in [1.165, 1.54) is 98.3 Å². The number of pyridine rings is 1. The molecular formula is C78H109N15O18S2. The molecule has 5 aromatic rings. The van der Waals surface area contributed by atoms with Crippen molar-refractivity contribution in [2.45, 2.75) is 229 Å². The summed E-state index contributed by atoms with van der Waals surface area (Å²) in [5, 5.41) is 82.2. The van der Waals surface area contributed by atoms with E-state index in [1.54, 1.807) is 46.8 Å². The largest absolute Gasteiger partial charge is 0.508 e. The van der Waals surface area contributed by atoms with Gasteiger partial charge < -0.3 is 100 Å². The lowest BCUT2D eigenvalue weighted by Gasteiger charge is -2.32. The number of aromatic amines is 1. The van der Waals surface area contributed by atoms with Gasteiger partial charge in [0.15, 0.2) is 0 Å². The summed E-state index contributed by atoms with van der Waals surface area (Å²) < 4.78 is 0. The minimum absolute atomic E-state index is 0.0308. The van der Waals surface area contributed by atoms with Crippen LogP contribution < -0.4 is 70.0 Å². The number of rotatable bonds is 21. The van der Waals surface area contributed by atoms with E-state index in [9.17, 15) is 83.1 Å². The first-order chi connectivity index (χ1) is 53.7. The summed E-state index contributed by atoms with van der Waals surface area (Å²) >= 11 is 2.68. The molecule has 616 valence electrons. The van der Waals surface area contributed by atoms with Gasteiger partial charge in [-0.15, -0.1) is 0 Å². The Morgan fingerprint density at radius 1 is 0.531 bits per heavy atom. The Hall–Kier alpha value is -10.4. The minimum Gasteiger partial charge on any atom is -0.508 e. The third-order valence-electron chi connectivity index (χ3n) is 18.6. The van der Waals surface area contributed by atoms with Gasteiger partial charge in [-0.1, -0.05) is 109 Å². The van der Waals surface area contributed by atoms with Crippen molar-refractivity contribution in [3.8, 4) is 11.5 Å². The van der Waals surface area contributed by atoms with Crippen molar-refractivity contribution in [2.24, 2.45) is 16.9 Å². The number of aliphatic hydroxyl groups is 2. The van der Waals surface area contributed by atoms with Crippen LogP contribution >= 0.6 is 23.5 Å². The van der Waals surface area contributed by atoms with Crippen LogP contribution in [0, 0.1) is 5.41 Å². The predicted octanol–water partition coefficient (Wildman–Crippen LogP) is 1.18. The molecular weight excluding hydrogens is 1500 g/mol. The van der Waals surface area contributed by atoms with Gasteiger partial charge >= 0.3 is 5.97 Å². The zero-order valence-corrected chi connectivity index (χ0v) is 66.3. The van der Waals surface area contributed by atoms with Crippen LogP contribution in [0.2, 0.25) is 0 Å². The fraction of sp³-hybridized carbons (Fsp3) is 0.513. The third-order valence-corrected chi connectivity index (χ3v) is 20.8. The molecule has 0 spiro atoms. The molecule has 3 heterocycles. The molecule has 35 heteroatoms. The number of unbranched alkanes of at least 4 members (excludes halogenated alkanes) is 2. The number of hydrogen-bond acceptors (Lipinski definition) is 21. The number of aliphatic hydroxyl groups excluding tert-OH is 2. The molecule has 0 radical (unpaired) electrons. The Bertz CT molecular complexity index is 4070. The van der Waals surface area contributed by atoms with Crippen LogP contribution in [0.4, 0.5) is 0 Å². The highest BCUT2D eigenvalue weighted by Crippen LogP contribution is 2.24. The first kappa shape index (κ1) is 91.5. The highest BCUT2D eigenvalue weighted by atomic mass is 32.2. The summed E-state index contributed by atoms with van der Waals surface area (Å²) in [6.07, 6.45) is -0.973. The average molecular weight is 1610 g/mol. The van der Waals surface area contributed by atoms with Crippen LogP contribution in [0.25, 0.3) is 11.0 Å². The Balaban J connectivity index is 1.40. The second kappa shape index (κ2) is 45.4. The molecule has 6 rings (SSSR count). The molecule has 21 N–H and O–H groups in total. The number of carboxylic acid groups (broad SMARTS) is 1. The van der Waals surface area contributed by atoms with Crippen molar-refractivity contribution in [3.05, 3.63) is 125 Å². The lowest BCUT2D eigenvalue weighted by atomic mass is 9.85. The van der Waals surface area contributed by atoms with E-state index >= 15 is 4.79 Å². The minimum atomic E-state index is -1.86. The van der Waals surface area contributed by atoms with Crippen molar-refractivity contribution in [3.63, 3.8) is 0 Å². The monoisotopic (exact) mass is 1610 g/mol. The van der Waals surface area contributed by atoms with Crippen molar-refractivity contribution in [1.29, 1.82) is 0 Å². The number of phenols is 2. The molecule has 2 aromatic heterocycles. The number of carbonyl (C=O) groups is 13. The van der Waals surface area contributed by atoms with Gasteiger partial charge in [-0.3, -0.25) is 62.3 Å². The molecule has 12 amide bonds. The lowest BCUT2D eigenvalue weighted by molar-refractivity contribution is -0.139. The van der Waals surface area contributed by atoms with E-state index in [0.717, 1.165) is 11.1 Å². The Morgan fingerprint density at radius 3 is 1.47 bits per heavy atom. The molecule has 113 heavy (non-hydrogen) atoms. The number of primary amides is 1. The number of aromatic nitrogens is 2. The zero-order chi connectivity index (χ0) is 83.1. The highest BCUT2D eigenvalue weighted by Gasteiger charge is 2.40. The van der Waals surface area contributed by atoms with E-state index in [-0.39, 0.29) is 75.0 Å². The molecule has 0 fully saturated rings. The Kier molecular flexibility index (Phi) is 36.7. The maximum atomic E-state index is 15.0. The van der Waals surface area contributed by atoms with Crippen LogP contribution in [0.3, 0.4) is 0 Å². The van der Waals surface area contributed by atoms with Gasteiger partial charge in [-0.25, -0.2) is 4.98 Å². The smallest absolute Gasteiger partial charge is 0.303 e. The number of nitrogens with one attached hydrogen (secondary N) is 12. The van der Waals surface area contributed by atoms with Gasteiger partial charge in [0.1, 0.15) is 83.6 Å². The molecule has 33 nitrogen and oxygen atoms in total. The van der Waals surface area contributed by atoms with Crippen molar-refractivity contribution in [1.82, 2.24) is 68.5 Å². The highest BCUT2D eigenvalue weighted by molar-refractivity contribution is 7.98. The topological polar surface area (TPSA) is 536 Å². The number of nitrogens with zero attached hydrogens (tertiary/aromatic N) is 1. The number of carbonyl (C=O) groups excluding carboxylic acids is 12. The summed E-state index contributed by atoms with van der Waals surface area (Å²) in [6.45, 7) is 11.2. The van der Waals surface area contributed by atoms with Gasteiger partial charge in [0, 0.05) is 72.9 Å². The van der Waals surface area contributed by atoms with Crippen molar-refractivity contribution in [2.75, 3.05) is 18.1 Å². The maximum Gasteiger partial charge on any atom is 0.303 e. The quantitative estimate of drug-likeness (QED) is 0.0459. The van der Waals surface area contributed by atoms with Crippen LogP contribution in [0.15, 0.2) is 97.3 Å². The van der Waals surface area contributed by atoms with Crippen molar-refractivity contribution >= 4 is 111 Å². The summed E-state index contributed by atoms with van der Waals surface area (Å²) in [5.74, 6) is -11.8. The first-order valence-corrected chi connectivity index (χ1v) is 40.1. The number of thioether (sulfide) groups is 2. The van der Waals surface area contributed by atoms with Crippen LogP contribution in [0.1, 0.15) is 147 Å². The molecule has 1 aliphatic rings. The van der Waals surface area contributed by atoms with Gasteiger partial charge in [-0.2, -0.15) is 23.5 Å². The Labute approximate surface area is 664 Å². The number of aliphatic carboxylic acids is 1. The first-order valence-electron chi connectivity index (χ1n) is 37.8. The molecule has 1 aliphatic heterocycles. The number of carboxylic acids is 1. The molecule has 0 aliphatic carbocycles. The van der Waals surface area contributed by atoms with Crippen LogP contribution in [-0.2, 0) is 93.1 Å². The van der Waals surface area contributed by atoms with E-state index in [1.807, 2.05) is 24.3 Å². The van der Waals surface area contributed by atoms with Gasteiger partial charge in [0.2, 0.25) is 70.9 Å². The number of hydrogen-bond donors (Lipinski definition) is 19. The maximum absolute atomic E-state index is 15.0. The van der Waals surface area contributed by atoms with Crippen molar-refractivity contribution < 1.29 is 87.9 Å². The normalized spacial score (nSPS) is 23.5. The predicted molar refractivity (Wildman–Crippen MR) is 424 cm³/mol. The summed E-state index contributed by atoms with van der Waals surface area (Å²) in [7, 11) is 0. The van der Waals surface area contributed by atoms with Gasteiger partial charge in [0.05, 0.1) is 12.2 Å². The SMILES string of the molecule is CCC[C@@H]1NC(=O)[C@H](Cc2c[nH]c3ncccc23)NC(=O)[C@H]([C@@H](C)O)NC(=O)[C@H](CCCCCN)NC(=O)[C@H](Cc2ccc(O)cc2)NC(=O)[C@H](C(C)(C)C)NC(=O)CCSCc2cccc(c2)CSC[C@@H](C(N)=O)NC(=O)[C@H]([C@@H](C)O)NC(=O)[C@H](CCC)NC(=O)[C@H](Cc2ccc(O)cc2)NC(=O)[C@H](CCC(=O)O)NC1=O. The van der Waals surface area contributed by atoms with E-state index in [4.69, 9.17) is 11.5 Å². The lowest BCUT2D eigenvalue weighted by Crippen LogP contribution is -2.62. The Morgan fingerprint density at radius 2 is 0.982 bits per heavy atom. The third kappa shape index (κ3) is 29.9. The molecule has 0 saturated carbocycles. The second-order valence-corrected chi connectivity index (χ2v) is 31.3. The number of aromatic hydroxyl groups is 2. The number of fused-ring (bicyclic) bond motifs is 3. The van der Waals surface area contributed by atoms with E-state index < -0.39 is 174 Å². The molecule has 13 atom stereocenters. The zero-order valence-electron chi connectivity index (χ0n) is 64.6. The van der Waals surface area contributed by atoms with E-state index in [2.05, 4.69) is 68.5 Å². The summed E-state index contributed by atoms with van der Waals surface area (Å²) in [4.78, 5) is 193. The molecule has 0 saturated heterocycles. The molecule has 2 bridgehead atoms. The van der Waals surface area contributed by atoms with E-state index in [0.29, 0.717) is 70.8 Å². The summed E-state index contributed by atoms with van der Waals surface area (Å²) in [6, 6.07) is 5.02. The molecule has 3 aromatic carbocycles. The average Bonchev–Trinajstić information content (AvgIpc) is 1.79.